The van der Waals surface area contributed by atoms with E-state index in [-0.39, 0.29) is 36.1 Å². The van der Waals surface area contributed by atoms with Crippen molar-refractivity contribution >= 4 is 23.8 Å². The molecule has 3 atom stereocenters. The predicted molar refractivity (Wildman–Crippen MR) is 113 cm³/mol. The quantitative estimate of drug-likeness (QED) is 0.697. The van der Waals surface area contributed by atoms with Crippen molar-refractivity contribution in [3.63, 3.8) is 0 Å². The molecule has 0 spiro atoms. The summed E-state index contributed by atoms with van der Waals surface area (Å²) in [7, 11) is 1.74. The highest BCUT2D eigenvalue weighted by Gasteiger charge is 2.45. The number of carbonyl (C=O) groups is 4. The van der Waals surface area contributed by atoms with Crippen LogP contribution in [0, 0.1) is 11.8 Å². The van der Waals surface area contributed by atoms with Crippen LogP contribution < -0.4 is 10.6 Å². The molecule has 5 amide bonds. The molecular formula is C23H26N4O4. The topological polar surface area (TPSA) is 98.8 Å². The van der Waals surface area contributed by atoms with Crippen molar-refractivity contribution in [2.24, 2.45) is 11.8 Å². The number of nitrogens with zero attached hydrogens (tertiary/aromatic N) is 2. The molecule has 0 radical (unpaired) electrons. The molecule has 4 rings (SSSR count). The Kier molecular flexibility index (Phi) is 5.88. The second-order valence-electron chi connectivity index (χ2n) is 8.23. The smallest absolute Gasteiger partial charge is 0.317 e. The molecule has 2 heterocycles. The van der Waals surface area contributed by atoms with Crippen molar-refractivity contribution in [3.8, 4) is 0 Å². The third kappa shape index (κ3) is 4.38. The minimum absolute atomic E-state index is 0.0327. The van der Waals surface area contributed by atoms with E-state index in [1.165, 1.54) is 0 Å². The van der Waals surface area contributed by atoms with Gasteiger partial charge >= 0.3 is 6.03 Å². The molecule has 1 aromatic carbocycles. The molecule has 3 unspecified atom stereocenters. The third-order valence-electron chi connectivity index (χ3n) is 6.16. The highest BCUT2D eigenvalue weighted by molar-refractivity contribution is 6.04. The summed E-state index contributed by atoms with van der Waals surface area (Å²) < 4.78 is 0. The van der Waals surface area contributed by atoms with Gasteiger partial charge in [0, 0.05) is 50.5 Å². The number of imide groups is 1. The summed E-state index contributed by atoms with van der Waals surface area (Å²) in [6.07, 6.45) is 6.23. The summed E-state index contributed by atoms with van der Waals surface area (Å²) >= 11 is 0. The molecule has 8 nitrogen and oxygen atoms in total. The zero-order valence-electron chi connectivity index (χ0n) is 17.4. The lowest BCUT2D eigenvalue weighted by atomic mass is 9.84. The molecule has 0 saturated carbocycles. The fraction of sp³-hybridized carbons (Fsp3) is 0.391. The number of piperidine rings is 1. The van der Waals surface area contributed by atoms with Crippen LogP contribution in [-0.2, 0) is 20.9 Å². The first-order chi connectivity index (χ1) is 14.9. The van der Waals surface area contributed by atoms with Crippen molar-refractivity contribution in [2.75, 3.05) is 20.1 Å². The van der Waals surface area contributed by atoms with Gasteiger partial charge in [0.05, 0.1) is 0 Å². The molecule has 0 aromatic heterocycles. The van der Waals surface area contributed by atoms with E-state index >= 15 is 0 Å². The fourth-order valence-electron chi connectivity index (χ4n) is 4.46. The highest BCUT2D eigenvalue weighted by Crippen LogP contribution is 2.36. The van der Waals surface area contributed by atoms with Gasteiger partial charge in [0.2, 0.25) is 11.8 Å². The predicted octanol–water partition coefficient (Wildman–Crippen LogP) is 1.20. The second kappa shape index (κ2) is 8.75. The molecule has 2 fully saturated rings. The molecule has 2 aliphatic heterocycles. The monoisotopic (exact) mass is 422 g/mol. The van der Waals surface area contributed by atoms with Crippen LogP contribution in [0.5, 0.6) is 0 Å². The number of carbonyl (C=O) groups excluding carboxylic acids is 4. The maximum atomic E-state index is 13.0. The lowest BCUT2D eigenvalue weighted by Crippen LogP contribution is -2.53. The van der Waals surface area contributed by atoms with Gasteiger partial charge in [-0.1, -0.05) is 48.6 Å². The van der Waals surface area contributed by atoms with E-state index in [0.29, 0.717) is 31.6 Å². The Labute approximate surface area is 181 Å². The lowest BCUT2D eigenvalue weighted by Gasteiger charge is -2.31. The van der Waals surface area contributed by atoms with Crippen molar-refractivity contribution in [3.05, 3.63) is 59.7 Å². The second-order valence-corrected chi connectivity index (χ2v) is 8.23. The van der Waals surface area contributed by atoms with E-state index in [9.17, 15) is 19.2 Å². The van der Waals surface area contributed by atoms with Crippen LogP contribution in [0.1, 0.15) is 18.4 Å². The van der Waals surface area contributed by atoms with Gasteiger partial charge in [0.1, 0.15) is 6.04 Å². The summed E-state index contributed by atoms with van der Waals surface area (Å²) in [6, 6.07) is 8.89. The van der Waals surface area contributed by atoms with E-state index in [1.807, 2.05) is 42.5 Å². The van der Waals surface area contributed by atoms with Crippen LogP contribution in [0.4, 0.5) is 4.79 Å². The van der Waals surface area contributed by atoms with Crippen LogP contribution in [0.2, 0.25) is 0 Å². The molecule has 2 saturated heterocycles. The summed E-state index contributed by atoms with van der Waals surface area (Å²) in [6.45, 7) is 1.31. The van der Waals surface area contributed by atoms with Gasteiger partial charge in [0.15, 0.2) is 0 Å². The van der Waals surface area contributed by atoms with Crippen LogP contribution >= 0.6 is 0 Å². The number of fused-ring (bicyclic) bond motifs is 1. The molecule has 3 aliphatic rings. The van der Waals surface area contributed by atoms with Gasteiger partial charge in [-0.3, -0.25) is 19.7 Å². The number of urea groups is 1. The van der Waals surface area contributed by atoms with E-state index < -0.39 is 11.9 Å². The third-order valence-corrected chi connectivity index (χ3v) is 6.16. The molecule has 0 bridgehead atoms. The fourth-order valence-corrected chi connectivity index (χ4v) is 4.46. The molecule has 8 heteroatoms. The average Bonchev–Trinajstić information content (AvgIpc) is 3.10. The van der Waals surface area contributed by atoms with E-state index in [2.05, 4.69) is 10.6 Å². The van der Waals surface area contributed by atoms with Gasteiger partial charge in [-0.05, 0) is 12.0 Å². The Bertz CT molecular complexity index is 956. The molecule has 162 valence electrons. The Morgan fingerprint density at radius 1 is 1.23 bits per heavy atom. The molecule has 2 N–H and O–H groups in total. The van der Waals surface area contributed by atoms with Crippen LogP contribution in [-0.4, -0.2) is 59.7 Å². The first kappa shape index (κ1) is 20.8. The van der Waals surface area contributed by atoms with Gasteiger partial charge in [0.25, 0.3) is 5.91 Å². The largest absolute Gasteiger partial charge is 0.334 e. The Balaban J connectivity index is 1.38. The van der Waals surface area contributed by atoms with Crippen molar-refractivity contribution in [2.45, 2.75) is 25.4 Å². The number of hydrogen-bond donors (Lipinski definition) is 2. The maximum absolute atomic E-state index is 13.0. The average molecular weight is 422 g/mol. The van der Waals surface area contributed by atoms with E-state index in [4.69, 9.17) is 0 Å². The van der Waals surface area contributed by atoms with Gasteiger partial charge < -0.3 is 15.1 Å². The van der Waals surface area contributed by atoms with E-state index in [0.717, 1.165) is 5.56 Å². The minimum Gasteiger partial charge on any atom is -0.334 e. The Hall–Kier alpha value is -3.42. The number of nitrogens with one attached hydrogen (secondary N) is 2. The van der Waals surface area contributed by atoms with Crippen molar-refractivity contribution in [1.82, 2.24) is 20.4 Å². The minimum atomic E-state index is -0.621. The molecule has 1 aromatic rings. The molecule has 31 heavy (non-hydrogen) atoms. The molecule has 1 aliphatic carbocycles. The first-order valence-electron chi connectivity index (χ1n) is 10.5. The summed E-state index contributed by atoms with van der Waals surface area (Å²) in [5.74, 6) is -0.995. The van der Waals surface area contributed by atoms with Crippen molar-refractivity contribution in [1.29, 1.82) is 0 Å². The van der Waals surface area contributed by atoms with Gasteiger partial charge in [-0.25, -0.2) is 4.79 Å². The number of allylic oxidation sites excluding steroid dienone is 2. The Morgan fingerprint density at radius 2 is 2.00 bits per heavy atom. The van der Waals surface area contributed by atoms with Gasteiger partial charge in [-0.15, -0.1) is 0 Å². The van der Waals surface area contributed by atoms with Crippen LogP contribution in [0.25, 0.3) is 0 Å². The standard InChI is InChI=1S/C23H26N4O4/c1-26(23(31)24-12-15-6-3-2-4-7-15)13-16-8-5-9-17-18(16)14-27(22(17)30)19-10-11-20(28)25-21(19)29/h2-9,16,18-19H,10-14H2,1H3,(H,24,31)(H,25,28,29). The zero-order valence-corrected chi connectivity index (χ0v) is 17.4. The van der Waals surface area contributed by atoms with Crippen LogP contribution in [0.15, 0.2) is 54.1 Å². The summed E-state index contributed by atoms with van der Waals surface area (Å²) in [5.41, 5.74) is 1.68. The molecular weight excluding hydrogens is 396 g/mol. The first-order valence-corrected chi connectivity index (χ1v) is 10.5. The number of benzene rings is 1. The normalized spacial score (nSPS) is 25.1. The Morgan fingerprint density at radius 3 is 2.74 bits per heavy atom. The summed E-state index contributed by atoms with van der Waals surface area (Å²) in [4.78, 5) is 52.4. The van der Waals surface area contributed by atoms with Crippen molar-refractivity contribution < 1.29 is 19.2 Å². The van der Waals surface area contributed by atoms with E-state index in [1.54, 1.807) is 22.9 Å². The zero-order chi connectivity index (χ0) is 22.0. The lowest BCUT2D eigenvalue weighted by molar-refractivity contribution is -0.142. The SMILES string of the molecule is CN(CC1C=CC=C2C(=O)N(C3CCC(=O)NC3=O)CC21)C(=O)NCc1ccccc1. The number of likely N-dealkylation sites (tertiary alicyclic amines) is 1. The maximum Gasteiger partial charge on any atom is 0.317 e. The van der Waals surface area contributed by atoms with Crippen LogP contribution in [0.3, 0.4) is 0 Å². The summed E-state index contributed by atoms with van der Waals surface area (Å²) in [5, 5.41) is 5.24. The number of amides is 5. The van der Waals surface area contributed by atoms with Gasteiger partial charge in [-0.2, -0.15) is 0 Å². The number of hydrogen-bond acceptors (Lipinski definition) is 4. The number of rotatable bonds is 5. The highest BCUT2D eigenvalue weighted by atomic mass is 16.2.